The highest BCUT2D eigenvalue weighted by atomic mass is 35.5. The Morgan fingerprint density at radius 1 is 1.03 bits per heavy atom. The second-order valence-electron chi connectivity index (χ2n) is 8.10. The molecule has 214 valence electrons. The highest BCUT2D eigenvalue weighted by Crippen LogP contribution is 2.45. The van der Waals surface area contributed by atoms with E-state index in [2.05, 4.69) is 6.58 Å². The Balaban J connectivity index is 2.40. The third-order valence-corrected chi connectivity index (χ3v) is 5.94. The lowest BCUT2D eigenvalue weighted by Crippen LogP contribution is -2.14. The third kappa shape index (κ3) is 8.12. The lowest BCUT2D eigenvalue weighted by Gasteiger charge is -2.18. The molecule has 0 saturated carbocycles. The maximum absolute atomic E-state index is 13.1. The fraction of sp³-hybridized carbons (Fsp3) is 0.423. The van der Waals surface area contributed by atoms with E-state index < -0.39 is 22.3 Å². The zero-order chi connectivity index (χ0) is 28.9. The van der Waals surface area contributed by atoms with Crippen molar-refractivity contribution in [2.75, 3.05) is 41.5 Å². The van der Waals surface area contributed by atoms with Crippen LogP contribution in [0.1, 0.15) is 40.7 Å². The second kappa shape index (κ2) is 15.6. The number of carbonyl (C=O) groups excluding carboxylic acids is 1. The molecule has 0 saturated heterocycles. The Morgan fingerprint density at radius 3 is 2.33 bits per heavy atom. The van der Waals surface area contributed by atoms with Crippen molar-refractivity contribution in [1.82, 2.24) is 0 Å². The molecule has 2 aromatic rings. The molecule has 0 amide bonds. The molecule has 0 heterocycles. The number of hydrogen-bond acceptors (Lipinski definition) is 11. The van der Waals surface area contributed by atoms with Crippen LogP contribution in [-0.2, 0) is 27.1 Å². The first kappa shape index (κ1) is 31.5. The Morgan fingerprint density at radius 2 is 1.72 bits per heavy atom. The summed E-state index contributed by atoms with van der Waals surface area (Å²) < 4.78 is 31.6. The molecule has 39 heavy (non-hydrogen) atoms. The summed E-state index contributed by atoms with van der Waals surface area (Å²) in [7, 11) is 4.08. The minimum Gasteiger partial charge on any atom is -0.507 e. The number of nitro benzene ring substituents is 1. The van der Waals surface area contributed by atoms with Crippen molar-refractivity contribution in [2.24, 2.45) is 0 Å². The van der Waals surface area contributed by atoms with E-state index in [1.807, 2.05) is 0 Å². The molecule has 0 spiro atoms. The molecule has 0 fully saturated rings. The van der Waals surface area contributed by atoms with Gasteiger partial charge in [-0.05, 0) is 31.2 Å². The number of unbranched alkanes of at least 4 members (excludes halogenated alkanes) is 2. The zero-order valence-corrected chi connectivity index (χ0v) is 22.7. The number of ether oxygens (including phenoxy) is 6. The van der Waals surface area contributed by atoms with Crippen LogP contribution >= 0.6 is 11.6 Å². The van der Waals surface area contributed by atoms with Gasteiger partial charge in [0.25, 0.3) is 0 Å². The number of allylic oxidation sites excluding steroid dienone is 1. The Kier molecular flexibility index (Phi) is 12.6. The lowest BCUT2D eigenvalue weighted by atomic mass is 9.99. The number of methoxy groups -OCH3 is 3. The smallest absolute Gasteiger partial charge is 0.342 e. The van der Waals surface area contributed by atoms with Crippen molar-refractivity contribution >= 4 is 23.3 Å². The number of nitro groups is 1. The molecule has 0 aliphatic rings. The maximum Gasteiger partial charge on any atom is 0.342 e. The van der Waals surface area contributed by atoms with E-state index in [9.17, 15) is 25.1 Å². The van der Waals surface area contributed by atoms with Crippen LogP contribution in [0.2, 0.25) is 5.02 Å². The Labute approximate surface area is 230 Å². The molecule has 0 atom stereocenters. The summed E-state index contributed by atoms with van der Waals surface area (Å²) in [6.07, 6.45) is 4.08. The molecule has 2 aromatic carbocycles. The third-order valence-electron chi connectivity index (χ3n) is 5.52. The average Bonchev–Trinajstić information content (AvgIpc) is 2.90. The normalized spacial score (nSPS) is 10.7. The van der Waals surface area contributed by atoms with Gasteiger partial charge in [-0.3, -0.25) is 10.1 Å². The predicted molar refractivity (Wildman–Crippen MR) is 141 cm³/mol. The first-order valence-corrected chi connectivity index (χ1v) is 12.2. The van der Waals surface area contributed by atoms with Crippen molar-refractivity contribution in [2.45, 2.75) is 32.1 Å². The molecular weight excluding hydrogens is 538 g/mol. The molecule has 2 rings (SSSR count). The van der Waals surface area contributed by atoms with Gasteiger partial charge in [-0.2, -0.15) is 0 Å². The van der Waals surface area contributed by atoms with E-state index in [1.54, 1.807) is 6.08 Å². The van der Waals surface area contributed by atoms with Gasteiger partial charge in [0.2, 0.25) is 5.75 Å². The van der Waals surface area contributed by atoms with Crippen LogP contribution in [0.3, 0.4) is 0 Å². The van der Waals surface area contributed by atoms with Gasteiger partial charge < -0.3 is 38.6 Å². The van der Waals surface area contributed by atoms with Crippen molar-refractivity contribution in [3.63, 3.8) is 0 Å². The van der Waals surface area contributed by atoms with Crippen molar-refractivity contribution in [1.29, 1.82) is 0 Å². The van der Waals surface area contributed by atoms with E-state index in [-0.39, 0.29) is 71.3 Å². The van der Waals surface area contributed by atoms with Crippen LogP contribution in [0.25, 0.3) is 0 Å². The average molecular weight is 570 g/mol. The fourth-order valence-electron chi connectivity index (χ4n) is 3.81. The molecule has 0 aliphatic heterocycles. The highest BCUT2D eigenvalue weighted by molar-refractivity contribution is 6.33. The van der Waals surface area contributed by atoms with E-state index in [1.165, 1.54) is 21.3 Å². The van der Waals surface area contributed by atoms with Crippen molar-refractivity contribution < 1.29 is 48.4 Å². The summed E-state index contributed by atoms with van der Waals surface area (Å²) in [4.78, 5) is 24.2. The summed E-state index contributed by atoms with van der Waals surface area (Å²) in [6.45, 7) is 2.86. The number of aromatic hydroxyl groups is 2. The summed E-state index contributed by atoms with van der Waals surface area (Å²) in [6, 6.07) is 2.10. The van der Waals surface area contributed by atoms with E-state index in [4.69, 9.17) is 40.0 Å². The van der Waals surface area contributed by atoms with Gasteiger partial charge in [-0.25, -0.2) is 4.79 Å². The number of halogens is 1. The van der Waals surface area contributed by atoms with Crippen LogP contribution in [0.5, 0.6) is 28.7 Å². The van der Waals surface area contributed by atoms with Crippen LogP contribution < -0.4 is 14.2 Å². The number of rotatable bonds is 17. The number of esters is 1. The number of benzene rings is 2. The van der Waals surface area contributed by atoms with Gasteiger partial charge in [0.15, 0.2) is 25.1 Å². The lowest BCUT2D eigenvalue weighted by molar-refractivity contribution is -0.386. The van der Waals surface area contributed by atoms with Crippen molar-refractivity contribution in [3.05, 3.63) is 56.6 Å². The van der Waals surface area contributed by atoms with E-state index in [0.29, 0.717) is 12.8 Å². The minimum atomic E-state index is -0.896. The molecule has 0 bridgehead atoms. The summed E-state index contributed by atoms with van der Waals surface area (Å²) in [5.74, 6) is -1.78. The second-order valence-corrected chi connectivity index (χ2v) is 8.47. The van der Waals surface area contributed by atoms with E-state index in [0.717, 1.165) is 25.0 Å². The number of nitrogens with zero attached hydrogens (tertiary/aromatic N) is 1. The summed E-state index contributed by atoms with van der Waals surface area (Å²) in [5.41, 5.74) is -0.178. The van der Waals surface area contributed by atoms with E-state index >= 15 is 0 Å². The molecule has 2 N–H and O–H groups in total. The van der Waals surface area contributed by atoms with Gasteiger partial charge in [0.1, 0.15) is 17.1 Å². The number of hydrogen-bond donors (Lipinski definition) is 2. The summed E-state index contributed by atoms with van der Waals surface area (Å²) in [5, 5.41) is 32.2. The molecule has 13 heteroatoms. The summed E-state index contributed by atoms with van der Waals surface area (Å²) >= 11 is 6.25. The fourth-order valence-corrected chi connectivity index (χ4v) is 4.06. The SMILES string of the molecule is C=CCCCCc1c(Cl)c(O)cc(O)c1C(=O)OCCc1c(OC)c(OCOC)cc([N+](=O)[O-])c1OCOC. The standard InChI is InChI=1S/C26H32ClNO11/c1-5-6-7-8-9-16-22(19(29)13-20(30)23(16)27)26(31)37-11-10-17-24(39-15-35-3)18(28(32)33)12-21(25(17)36-4)38-14-34-2/h5,12-13,29-30H,1,6-11,14-15H2,2-4H3. The van der Waals surface area contributed by atoms with Crippen LogP contribution in [-0.4, -0.2) is 62.6 Å². The molecule has 0 aliphatic carbocycles. The van der Waals surface area contributed by atoms with Gasteiger partial charge in [0, 0.05) is 26.7 Å². The Bertz CT molecular complexity index is 1170. The topological polar surface area (TPSA) is 156 Å². The molecule has 0 radical (unpaired) electrons. The zero-order valence-electron chi connectivity index (χ0n) is 22.0. The minimum absolute atomic E-state index is 0.0157. The number of carbonyl (C=O) groups is 1. The number of phenolic OH excluding ortho intramolecular Hbond substituents is 2. The highest BCUT2D eigenvalue weighted by Gasteiger charge is 2.29. The van der Waals surface area contributed by atoms with Gasteiger partial charge >= 0.3 is 11.7 Å². The van der Waals surface area contributed by atoms with Crippen molar-refractivity contribution in [3.8, 4) is 28.7 Å². The first-order chi connectivity index (χ1) is 18.7. The van der Waals surface area contributed by atoms with Crippen LogP contribution in [0.4, 0.5) is 5.69 Å². The molecular formula is C26H32ClNO11. The maximum atomic E-state index is 13.1. The van der Waals surface area contributed by atoms with Gasteiger partial charge in [-0.1, -0.05) is 17.7 Å². The Hall–Kier alpha value is -3.74. The molecule has 0 aromatic heterocycles. The monoisotopic (exact) mass is 569 g/mol. The van der Waals surface area contributed by atoms with Crippen LogP contribution in [0, 0.1) is 10.1 Å². The van der Waals surface area contributed by atoms with Crippen LogP contribution in [0.15, 0.2) is 24.8 Å². The molecule has 0 unspecified atom stereocenters. The first-order valence-electron chi connectivity index (χ1n) is 11.8. The molecule has 12 nitrogen and oxygen atoms in total. The largest absolute Gasteiger partial charge is 0.507 e. The van der Waals surface area contributed by atoms with Gasteiger partial charge in [0.05, 0.1) is 35.3 Å². The van der Waals surface area contributed by atoms with Gasteiger partial charge in [-0.15, -0.1) is 6.58 Å². The predicted octanol–water partition coefficient (Wildman–Crippen LogP) is 4.93. The number of phenols is 2. The quantitative estimate of drug-likeness (QED) is 0.0664.